The number of carbonyl (C=O) groups is 1. The minimum Gasteiger partial charge on any atom is -0.476 e. The molecule has 1 aliphatic carbocycles. The van der Waals surface area contributed by atoms with E-state index in [1.807, 2.05) is 28.9 Å². The molecule has 29 heavy (non-hydrogen) atoms. The van der Waals surface area contributed by atoms with E-state index in [0.717, 1.165) is 52.9 Å². The van der Waals surface area contributed by atoms with Crippen molar-refractivity contribution in [2.75, 3.05) is 7.11 Å². The summed E-state index contributed by atoms with van der Waals surface area (Å²) in [4.78, 5) is 11.8. The number of aromatic carboxylic acids is 1. The van der Waals surface area contributed by atoms with E-state index in [-0.39, 0.29) is 11.1 Å². The van der Waals surface area contributed by atoms with Crippen LogP contribution in [-0.2, 0) is 24.2 Å². The summed E-state index contributed by atoms with van der Waals surface area (Å²) in [6.45, 7) is 4.93. The van der Waals surface area contributed by atoms with Crippen molar-refractivity contribution in [3.8, 4) is 16.8 Å². The molecule has 0 saturated carbocycles. The fourth-order valence-corrected chi connectivity index (χ4v) is 4.20. The highest BCUT2D eigenvalue weighted by Crippen LogP contribution is 2.37. The third-order valence-electron chi connectivity index (χ3n) is 5.73. The molecule has 5 nitrogen and oxygen atoms in total. The van der Waals surface area contributed by atoms with Crippen molar-refractivity contribution < 1.29 is 14.6 Å². The van der Waals surface area contributed by atoms with Gasteiger partial charge in [0.1, 0.15) is 0 Å². The van der Waals surface area contributed by atoms with Gasteiger partial charge in [0, 0.05) is 18.4 Å². The molecular formula is C24H26N2O3. The van der Waals surface area contributed by atoms with Crippen LogP contribution in [0.25, 0.3) is 16.8 Å². The number of fused-ring (bicyclic) bond motifs is 1. The Kier molecular flexibility index (Phi) is 5.01. The van der Waals surface area contributed by atoms with Gasteiger partial charge >= 0.3 is 5.97 Å². The first-order chi connectivity index (χ1) is 13.9. The second kappa shape index (κ2) is 7.48. The summed E-state index contributed by atoms with van der Waals surface area (Å²) >= 11 is 0. The Morgan fingerprint density at radius 2 is 1.90 bits per heavy atom. The van der Waals surface area contributed by atoms with Gasteiger partial charge in [-0.2, -0.15) is 5.10 Å². The lowest BCUT2D eigenvalue weighted by molar-refractivity contribution is 0.0688. The second-order valence-corrected chi connectivity index (χ2v) is 8.47. The van der Waals surface area contributed by atoms with E-state index in [0.29, 0.717) is 6.61 Å². The molecule has 0 atom stereocenters. The molecule has 0 saturated heterocycles. The quantitative estimate of drug-likeness (QED) is 0.673. The number of carboxylic acid groups (broad SMARTS) is 1. The predicted octanol–water partition coefficient (Wildman–Crippen LogP) is 4.90. The molecule has 1 N–H and O–H groups in total. The van der Waals surface area contributed by atoms with Crippen LogP contribution in [0.2, 0.25) is 0 Å². The minimum atomic E-state index is -0.956. The number of carboxylic acids is 1. The third kappa shape index (κ3) is 3.70. The highest BCUT2D eigenvalue weighted by atomic mass is 16.5. The average molecular weight is 390 g/mol. The molecule has 1 aromatic heterocycles. The van der Waals surface area contributed by atoms with E-state index in [9.17, 15) is 9.90 Å². The van der Waals surface area contributed by atoms with Gasteiger partial charge in [0.05, 0.1) is 12.3 Å². The van der Waals surface area contributed by atoms with Crippen LogP contribution in [-0.4, -0.2) is 28.0 Å². The SMILES string of the molecule is COCc1ccccc1-c1ccc(-n2nc(C(=O)O)c3c2CCC(C)(C)C3)cc1. The lowest BCUT2D eigenvalue weighted by atomic mass is 9.76. The van der Waals surface area contributed by atoms with Gasteiger partial charge in [-0.3, -0.25) is 0 Å². The summed E-state index contributed by atoms with van der Waals surface area (Å²) < 4.78 is 7.14. The van der Waals surface area contributed by atoms with Crippen LogP contribution >= 0.6 is 0 Å². The highest BCUT2D eigenvalue weighted by molar-refractivity contribution is 5.87. The zero-order valence-corrected chi connectivity index (χ0v) is 17.1. The maximum atomic E-state index is 11.8. The van der Waals surface area contributed by atoms with Crippen LogP contribution in [0.4, 0.5) is 0 Å². The Hall–Kier alpha value is -2.92. The largest absolute Gasteiger partial charge is 0.476 e. The molecule has 1 aliphatic rings. The Morgan fingerprint density at radius 3 is 2.59 bits per heavy atom. The fourth-order valence-electron chi connectivity index (χ4n) is 4.20. The lowest BCUT2D eigenvalue weighted by Gasteiger charge is -2.29. The number of rotatable bonds is 5. The number of nitrogens with zero attached hydrogens (tertiary/aromatic N) is 2. The van der Waals surface area contributed by atoms with Gasteiger partial charge in [-0.25, -0.2) is 9.48 Å². The molecule has 3 aromatic rings. The Morgan fingerprint density at radius 1 is 1.17 bits per heavy atom. The first-order valence-electron chi connectivity index (χ1n) is 9.91. The number of methoxy groups -OCH3 is 1. The van der Waals surface area contributed by atoms with Crippen molar-refractivity contribution in [1.82, 2.24) is 9.78 Å². The van der Waals surface area contributed by atoms with Gasteiger partial charge in [0.25, 0.3) is 0 Å². The van der Waals surface area contributed by atoms with Crippen molar-refractivity contribution in [2.24, 2.45) is 5.41 Å². The van der Waals surface area contributed by atoms with Crippen molar-refractivity contribution in [3.63, 3.8) is 0 Å². The van der Waals surface area contributed by atoms with E-state index in [4.69, 9.17) is 4.74 Å². The molecule has 4 rings (SSSR count). The van der Waals surface area contributed by atoms with Crippen LogP contribution in [0, 0.1) is 5.41 Å². The molecule has 5 heteroatoms. The molecule has 150 valence electrons. The summed E-state index contributed by atoms with van der Waals surface area (Å²) in [6, 6.07) is 16.3. The highest BCUT2D eigenvalue weighted by Gasteiger charge is 2.33. The minimum absolute atomic E-state index is 0.0972. The molecule has 1 heterocycles. The van der Waals surface area contributed by atoms with E-state index in [1.165, 1.54) is 0 Å². The van der Waals surface area contributed by atoms with Crippen molar-refractivity contribution in [3.05, 3.63) is 71.0 Å². The summed E-state index contributed by atoms with van der Waals surface area (Å²) in [5.74, 6) is -0.956. The first kappa shape index (κ1) is 19.4. The topological polar surface area (TPSA) is 64.4 Å². The molecule has 0 radical (unpaired) electrons. The van der Waals surface area contributed by atoms with Gasteiger partial charge in [0.15, 0.2) is 5.69 Å². The second-order valence-electron chi connectivity index (χ2n) is 8.47. The van der Waals surface area contributed by atoms with Crippen LogP contribution in [0.3, 0.4) is 0 Å². The number of hydrogen-bond donors (Lipinski definition) is 1. The maximum Gasteiger partial charge on any atom is 0.356 e. The first-order valence-corrected chi connectivity index (χ1v) is 9.91. The zero-order chi connectivity index (χ0) is 20.6. The van der Waals surface area contributed by atoms with Gasteiger partial charge < -0.3 is 9.84 Å². The van der Waals surface area contributed by atoms with Gasteiger partial charge in [-0.05, 0) is 53.5 Å². The molecule has 0 unspecified atom stereocenters. The zero-order valence-electron chi connectivity index (χ0n) is 17.1. The predicted molar refractivity (Wildman–Crippen MR) is 112 cm³/mol. The van der Waals surface area contributed by atoms with E-state index in [2.05, 4.69) is 43.2 Å². The van der Waals surface area contributed by atoms with Crippen LogP contribution in [0.15, 0.2) is 48.5 Å². The van der Waals surface area contributed by atoms with E-state index in [1.54, 1.807) is 7.11 Å². The van der Waals surface area contributed by atoms with Crippen LogP contribution < -0.4 is 0 Å². The fraction of sp³-hybridized carbons (Fsp3) is 0.333. The van der Waals surface area contributed by atoms with Crippen molar-refractivity contribution >= 4 is 5.97 Å². The number of aromatic nitrogens is 2. The van der Waals surface area contributed by atoms with Crippen molar-refractivity contribution in [1.29, 1.82) is 0 Å². The molecule has 0 bridgehead atoms. The number of hydrogen-bond acceptors (Lipinski definition) is 3. The third-order valence-corrected chi connectivity index (χ3v) is 5.73. The van der Waals surface area contributed by atoms with E-state index >= 15 is 0 Å². The number of ether oxygens (including phenoxy) is 1. The molecule has 0 amide bonds. The molecule has 0 spiro atoms. The Balaban J connectivity index is 1.73. The average Bonchev–Trinajstić information content (AvgIpc) is 3.06. The summed E-state index contributed by atoms with van der Waals surface area (Å²) in [6.07, 6.45) is 2.60. The van der Waals surface area contributed by atoms with Crippen LogP contribution in [0.5, 0.6) is 0 Å². The summed E-state index contributed by atoms with van der Waals surface area (Å²) in [5.41, 5.74) is 6.44. The smallest absolute Gasteiger partial charge is 0.356 e. The molecular weight excluding hydrogens is 364 g/mol. The molecule has 0 aliphatic heterocycles. The van der Waals surface area contributed by atoms with Crippen LogP contribution in [0.1, 0.15) is 47.6 Å². The van der Waals surface area contributed by atoms with Gasteiger partial charge in [-0.15, -0.1) is 0 Å². The monoisotopic (exact) mass is 390 g/mol. The Bertz CT molecular complexity index is 1050. The van der Waals surface area contributed by atoms with Gasteiger partial charge in [0.2, 0.25) is 0 Å². The number of benzene rings is 2. The van der Waals surface area contributed by atoms with Crippen molar-refractivity contribution in [2.45, 2.75) is 39.7 Å². The van der Waals surface area contributed by atoms with Gasteiger partial charge in [-0.1, -0.05) is 50.2 Å². The van der Waals surface area contributed by atoms with E-state index < -0.39 is 5.97 Å². The summed E-state index contributed by atoms with van der Waals surface area (Å²) in [7, 11) is 1.70. The molecule has 0 fully saturated rings. The lowest BCUT2D eigenvalue weighted by Crippen LogP contribution is -2.23. The maximum absolute atomic E-state index is 11.8. The standard InChI is InChI=1S/C24H26N2O3/c1-24(2)13-12-21-20(14-24)22(23(27)28)25-26(21)18-10-8-16(9-11-18)19-7-5-4-6-17(19)15-29-3/h4-11H,12-15H2,1-3H3,(H,27,28). The normalized spacial score (nSPS) is 15.1. The summed E-state index contributed by atoms with van der Waals surface area (Å²) in [5, 5.41) is 14.1. The Labute approximate surface area is 171 Å². The molecule has 2 aromatic carbocycles.